The number of nitrogens with zero attached hydrogens (tertiary/aromatic N) is 2. The third-order valence-electron chi connectivity index (χ3n) is 3.70. The fraction of sp³-hybridized carbons (Fsp3) is 0.714. The molecule has 2 heterocycles. The lowest BCUT2D eigenvalue weighted by Crippen LogP contribution is -2.43. The third kappa shape index (κ3) is 4.06. The van der Waals surface area contributed by atoms with Gasteiger partial charge in [-0.05, 0) is 39.8 Å². The van der Waals surface area contributed by atoms with E-state index < -0.39 is 0 Å². The summed E-state index contributed by atoms with van der Waals surface area (Å²) < 4.78 is 4.95. The van der Waals surface area contributed by atoms with Crippen molar-refractivity contribution in [3.8, 4) is 0 Å². The quantitative estimate of drug-likeness (QED) is 0.912. The van der Waals surface area contributed by atoms with Gasteiger partial charge < -0.3 is 9.84 Å². The topological polar surface area (TPSA) is 58.4 Å². The molecule has 0 saturated carbocycles. The molecule has 2 rings (SSSR count). The van der Waals surface area contributed by atoms with Crippen LogP contribution in [0, 0.1) is 6.92 Å². The molecule has 1 aliphatic rings. The van der Waals surface area contributed by atoms with E-state index in [0.29, 0.717) is 11.6 Å². The SMILES string of the molecule is Cc1cc(NC(=O)[C@@H](C)N2CCCCCCC2)no1. The van der Waals surface area contributed by atoms with Gasteiger partial charge in [0.15, 0.2) is 5.82 Å². The first-order valence-electron chi connectivity index (χ1n) is 7.15. The number of carbonyl (C=O) groups is 1. The summed E-state index contributed by atoms with van der Waals surface area (Å²) >= 11 is 0. The van der Waals surface area contributed by atoms with Gasteiger partial charge in [-0.15, -0.1) is 0 Å². The molecule has 0 radical (unpaired) electrons. The van der Waals surface area contributed by atoms with Crippen LogP contribution in [0.4, 0.5) is 5.82 Å². The zero-order valence-corrected chi connectivity index (χ0v) is 11.8. The zero-order valence-electron chi connectivity index (χ0n) is 11.8. The van der Waals surface area contributed by atoms with E-state index in [1.54, 1.807) is 6.07 Å². The van der Waals surface area contributed by atoms with Crippen molar-refractivity contribution in [1.82, 2.24) is 10.1 Å². The zero-order chi connectivity index (χ0) is 13.7. The van der Waals surface area contributed by atoms with Crippen molar-refractivity contribution >= 4 is 11.7 Å². The van der Waals surface area contributed by atoms with E-state index in [1.807, 2.05) is 13.8 Å². The summed E-state index contributed by atoms with van der Waals surface area (Å²) in [4.78, 5) is 14.5. The number of aryl methyl sites for hydroxylation is 1. The molecule has 1 fully saturated rings. The number of hydrogen-bond acceptors (Lipinski definition) is 4. The lowest BCUT2D eigenvalue weighted by atomic mass is 10.1. The van der Waals surface area contributed by atoms with Crippen LogP contribution in [0.2, 0.25) is 0 Å². The van der Waals surface area contributed by atoms with Crippen molar-refractivity contribution in [2.24, 2.45) is 0 Å². The molecule has 5 nitrogen and oxygen atoms in total. The van der Waals surface area contributed by atoms with E-state index in [9.17, 15) is 4.79 Å². The summed E-state index contributed by atoms with van der Waals surface area (Å²) in [5, 5.41) is 6.60. The molecule has 1 atom stereocenters. The van der Waals surface area contributed by atoms with Crippen LogP contribution in [0.5, 0.6) is 0 Å². The first kappa shape index (κ1) is 14.1. The smallest absolute Gasteiger partial charge is 0.242 e. The Morgan fingerprint density at radius 1 is 1.32 bits per heavy atom. The standard InChI is InChI=1S/C14H23N3O2/c1-11-10-13(16-19-11)15-14(18)12(2)17-8-6-4-3-5-7-9-17/h10,12H,3-9H2,1-2H3,(H,15,16,18)/t12-/m1/s1. The van der Waals surface area contributed by atoms with Crippen molar-refractivity contribution in [3.05, 3.63) is 11.8 Å². The highest BCUT2D eigenvalue weighted by Gasteiger charge is 2.22. The van der Waals surface area contributed by atoms with Gasteiger partial charge in [-0.25, -0.2) is 0 Å². The van der Waals surface area contributed by atoms with Crippen LogP contribution >= 0.6 is 0 Å². The molecule has 1 aromatic heterocycles. The summed E-state index contributed by atoms with van der Waals surface area (Å²) in [7, 11) is 0. The van der Waals surface area contributed by atoms with Gasteiger partial charge in [-0.3, -0.25) is 9.69 Å². The van der Waals surface area contributed by atoms with Crippen molar-refractivity contribution in [2.45, 2.75) is 52.0 Å². The molecule has 5 heteroatoms. The molecule has 1 aliphatic heterocycles. The van der Waals surface area contributed by atoms with Gasteiger partial charge in [0, 0.05) is 6.07 Å². The second-order valence-corrected chi connectivity index (χ2v) is 5.29. The van der Waals surface area contributed by atoms with Crippen LogP contribution in [0.1, 0.15) is 44.8 Å². The Balaban J connectivity index is 1.89. The fourth-order valence-corrected chi connectivity index (χ4v) is 2.48. The molecule has 1 amide bonds. The minimum Gasteiger partial charge on any atom is -0.360 e. The Morgan fingerprint density at radius 2 is 1.95 bits per heavy atom. The van der Waals surface area contributed by atoms with E-state index >= 15 is 0 Å². The van der Waals surface area contributed by atoms with Gasteiger partial charge >= 0.3 is 0 Å². The lowest BCUT2D eigenvalue weighted by Gasteiger charge is -2.29. The minimum absolute atomic E-state index is 0.00567. The highest BCUT2D eigenvalue weighted by atomic mass is 16.5. The van der Waals surface area contributed by atoms with Gasteiger partial charge in [0.2, 0.25) is 5.91 Å². The number of nitrogens with one attached hydrogen (secondary N) is 1. The maximum absolute atomic E-state index is 12.2. The highest BCUT2D eigenvalue weighted by molar-refractivity contribution is 5.93. The Kier molecular flexibility index (Phi) is 4.96. The number of amides is 1. The van der Waals surface area contributed by atoms with Crippen LogP contribution in [0.3, 0.4) is 0 Å². The molecule has 106 valence electrons. The first-order valence-corrected chi connectivity index (χ1v) is 7.15. The predicted molar refractivity (Wildman–Crippen MR) is 74.0 cm³/mol. The Hall–Kier alpha value is -1.36. The predicted octanol–water partition coefficient (Wildman–Crippen LogP) is 2.58. The molecule has 1 saturated heterocycles. The van der Waals surface area contributed by atoms with Gasteiger partial charge in [-0.2, -0.15) is 0 Å². The molecular formula is C14H23N3O2. The maximum atomic E-state index is 12.2. The van der Waals surface area contributed by atoms with Crippen LogP contribution in [0.25, 0.3) is 0 Å². The number of likely N-dealkylation sites (tertiary alicyclic amines) is 1. The van der Waals surface area contributed by atoms with Crippen molar-refractivity contribution in [3.63, 3.8) is 0 Å². The van der Waals surface area contributed by atoms with Crippen LogP contribution < -0.4 is 5.32 Å². The summed E-state index contributed by atoms with van der Waals surface area (Å²) in [6, 6.07) is 1.62. The summed E-state index contributed by atoms with van der Waals surface area (Å²) in [5.41, 5.74) is 0. The second kappa shape index (κ2) is 6.70. The van der Waals surface area contributed by atoms with Crippen LogP contribution in [-0.2, 0) is 4.79 Å². The summed E-state index contributed by atoms with van der Waals surface area (Å²) in [5.74, 6) is 1.20. The molecule has 0 bridgehead atoms. The van der Waals surface area contributed by atoms with Gasteiger partial charge in [-0.1, -0.05) is 24.4 Å². The number of rotatable bonds is 3. The fourth-order valence-electron chi connectivity index (χ4n) is 2.48. The molecule has 0 spiro atoms. The maximum Gasteiger partial charge on any atom is 0.242 e. The van der Waals surface area contributed by atoms with Gasteiger partial charge in [0.1, 0.15) is 5.76 Å². The Labute approximate surface area is 114 Å². The van der Waals surface area contributed by atoms with Crippen molar-refractivity contribution < 1.29 is 9.32 Å². The van der Waals surface area contributed by atoms with E-state index in [0.717, 1.165) is 13.1 Å². The van der Waals surface area contributed by atoms with Gasteiger partial charge in [0.25, 0.3) is 0 Å². The highest BCUT2D eigenvalue weighted by Crippen LogP contribution is 2.14. The largest absolute Gasteiger partial charge is 0.360 e. The minimum atomic E-state index is -0.116. The van der Waals surface area contributed by atoms with E-state index in [2.05, 4.69) is 15.4 Å². The molecule has 1 N–H and O–H groups in total. The number of aromatic nitrogens is 1. The number of hydrogen-bond donors (Lipinski definition) is 1. The molecular weight excluding hydrogens is 242 g/mol. The lowest BCUT2D eigenvalue weighted by molar-refractivity contribution is -0.120. The molecule has 1 aromatic rings. The third-order valence-corrected chi connectivity index (χ3v) is 3.70. The monoisotopic (exact) mass is 265 g/mol. The average molecular weight is 265 g/mol. The summed E-state index contributed by atoms with van der Waals surface area (Å²) in [6.45, 7) is 5.78. The molecule has 19 heavy (non-hydrogen) atoms. The van der Waals surface area contributed by atoms with Crippen LogP contribution in [0.15, 0.2) is 10.6 Å². The number of carbonyl (C=O) groups excluding carboxylic acids is 1. The Morgan fingerprint density at radius 3 is 2.53 bits per heavy atom. The van der Waals surface area contributed by atoms with E-state index in [-0.39, 0.29) is 11.9 Å². The van der Waals surface area contributed by atoms with E-state index in [1.165, 1.54) is 32.1 Å². The number of anilines is 1. The molecule has 0 unspecified atom stereocenters. The van der Waals surface area contributed by atoms with Crippen molar-refractivity contribution in [1.29, 1.82) is 0 Å². The second-order valence-electron chi connectivity index (χ2n) is 5.29. The Bertz CT molecular complexity index is 409. The van der Waals surface area contributed by atoms with Crippen molar-refractivity contribution in [2.75, 3.05) is 18.4 Å². The average Bonchev–Trinajstić information content (AvgIpc) is 2.73. The van der Waals surface area contributed by atoms with Crippen LogP contribution in [-0.4, -0.2) is 35.1 Å². The molecule has 0 aromatic carbocycles. The molecule has 0 aliphatic carbocycles. The van der Waals surface area contributed by atoms with E-state index in [4.69, 9.17) is 4.52 Å². The summed E-state index contributed by atoms with van der Waals surface area (Å²) in [6.07, 6.45) is 6.23. The first-order chi connectivity index (χ1) is 9.16. The van der Waals surface area contributed by atoms with Gasteiger partial charge in [0.05, 0.1) is 6.04 Å². The normalized spacial score (nSPS) is 19.5.